The number of carbonyl (C=O) groups is 2. The van der Waals surface area contributed by atoms with Crippen molar-refractivity contribution in [2.24, 2.45) is 0 Å². The van der Waals surface area contributed by atoms with Gasteiger partial charge in [-0.1, -0.05) is 30.3 Å². The number of aliphatic hydroxyl groups excluding tert-OH is 1. The molecule has 5 atom stereocenters. The highest BCUT2D eigenvalue weighted by atomic mass is 16.7. The summed E-state index contributed by atoms with van der Waals surface area (Å²) >= 11 is 0. The van der Waals surface area contributed by atoms with Gasteiger partial charge in [0.15, 0.2) is 23.7 Å². The summed E-state index contributed by atoms with van der Waals surface area (Å²) in [5.41, 5.74) is 1.49. The van der Waals surface area contributed by atoms with Crippen LogP contribution >= 0.6 is 0 Å². The number of rotatable bonds is 6. The van der Waals surface area contributed by atoms with Crippen LogP contribution < -0.4 is 14.8 Å². The first-order chi connectivity index (χ1) is 20.1. The lowest BCUT2D eigenvalue weighted by atomic mass is 9.77. The fraction of sp³-hybridized carbons (Fsp3) is 0.500. The average Bonchev–Trinajstić information content (AvgIpc) is 3.64. The van der Waals surface area contributed by atoms with Gasteiger partial charge in [0.2, 0.25) is 6.79 Å². The van der Waals surface area contributed by atoms with Crippen molar-refractivity contribution in [1.82, 2.24) is 10.2 Å². The number of nitrogens with one attached hydrogen (secondary N) is 1. The highest BCUT2D eigenvalue weighted by Crippen LogP contribution is 2.55. The third-order valence-electron chi connectivity index (χ3n) is 8.60. The van der Waals surface area contributed by atoms with E-state index in [1.54, 1.807) is 52.1 Å². The van der Waals surface area contributed by atoms with Crippen molar-refractivity contribution < 1.29 is 38.4 Å². The topological polar surface area (TPSA) is 116 Å². The summed E-state index contributed by atoms with van der Waals surface area (Å²) in [7, 11) is 1.57. The molecular formula is C32H38N2O8. The Morgan fingerprint density at radius 3 is 2.57 bits per heavy atom. The van der Waals surface area contributed by atoms with Crippen molar-refractivity contribution in [1.29, 1.82) is 0 Å². The van der Waals surface area contributed by atoms with Crippen LogP contribution in [-0.4, -0.2) is 72.4 Å². The number of carbonyl (C=O) groups excluding carboxylic acids is 2. The van der Waals surface area contributed by atoms with E-state index in [9.17, 15) is 14.7 Å². The number of nitrogens with zero attached hydrogens (tertiary/aromatic N) is 1. The Balaban J connectivity index is 1.33. The summed E-state index contributed by atoms with van der Waals surface area (Å²) in [6.07, 6.45) is 1.53. The minimum atomic E-state index is -1.71. The van der Waals surface area contributed by atoms with E-state index in [0.29, 0.717) is 22.8 Å². The van der Waals surface area contributed by atoms with Crippen LogP contribution in [0.1, 0.15) is 62.3 Å². The van der Waals surface area contributed by atoms with Gasteiger partial charge in [-0.25, -0.2) is 9.59 Å². The number of methoxy groups -OCH3 is 1. The zero-order chi connectivity index (χ0) is 29.6. The average molecular weight is 579 g/mol. The first kappa shape index (κ1) is 28.4. The summed E-state index contributed by atoms with van der Waals surface area (Å²) in [6.45, 7) is 7.16. The fourth-order valence-electron chi connectivity index (χ4n) is 6.86. The first-order valence-electron chi connectivity index (χ1n) is 14.5. The Morgan fingerprint density at radius 2 is 1.86 bits per heavy atom. The maximum absolute atomic E-state index is 13.8. The molecule has 1 aliphatic carbocycles. The van der Waals surface area contributed by atoms with Crippen LogP contribution in [-0.2, 0) is 25.4 Å². The van der Waals surface area contributed by atoms with Gasteiger partial charge in [-0.05, 0) is 81.5 Å². The zero-order valence-electron chi connectivity index (χ0n) is 24.4. The van der Waals surface area contributed by atoms with E-state index in [1.165, 1.54) is 0 Å². The van der Waals surface area contributed by atoms with Gasteiger partial charge in [-0.2, -0.15) is 0 Å². The van der Waals surface area contributed by atoms with E-state index >= 15 is 0 Å². The highest BCUT2D eigenvalue weighted by molar-refractivity contribution is 5.78. The lowest BCUT2D eigenvalue weighted by Gasteiger charge is -2.39. The third kappa shape index (κ3) is 5.07. The first-order valence-corrected chi connectivity index (χ1v) is 14.5. The van der Waals surface area contributed by atoms with Crippen LogP contribution in [0, 0.1) is 0 Å². The zero-order valence-corrected chi connectivity index (χ0v) is 24.4. The number of hydrogen-bond donors (Lipinski definition) is 2. The quantitative estimate of drug-likeness (QED) is 0.491. The second kappa shape index (κ2) is 10.8. The van der Waals surface area contributed by atoms with Crippen LogP contribution in [0.25, 0.3) is 0 Å². The number of ether oxygens (including phenoxy) is 5. The van der Waals surface area contributed by atoms with Gasteiger partial charge in [-0.3, -0.25) is 4.90 Å². The summed E-state index contributed by atoms with van der Waals surface area (Å²) < 4.78 is 28.9. The fourth-order valence-corrected chi connectivity index (χ4v) is 6.86. The number of fused-ring (bicyclic) bond motifs is 3. The van der Waals surface area contributed by atoms with Crippen molar-refractivity contribution in [3.8, 4) is 11.5 Å². The molecule has 2 aromatic rings. The Hall–Kier alpha value is -3.76. The molecule has 1 saturated heterocycles. The van der Waals surface area contributed by atoms with Gasteiger partial charge in [0.05, 0.1) is 24.6 Å². The van der Waals surface area contributed by atoms with Gasteiger partial charge >= 0.3 is 12.1 Å². The minimum Gasteiger partial charge on any atom is -0.497 e. The van der Waals surface area contributed by atoms with E-state index in [4.69, 9.17) is 23.7 Å². The van der Waals surface area contributed by atoms with Crippen molar-refractivity contribution in [3.63, 3.8) is 0 Å². The van der Waals surface area contributed by atoms with Crippen molar-refractivity contribution >= 4 is 12.1 Å². The van der Waals surface area contributed by atoms with Crippen LogP contribution in [0.3, 0.4) is 0 Å². The van der Waals surface area contributed by atoms with Gasteiger partial charge < -0.3 is 34.1 Å². The Labute approximate surface area is 245 Å². The summed E-state index contributed by atoms with van der Waals surface area (Å²) in [5.74, 6) is 0.755. The normalized spacial score (nSPS) is 25.7. The molecular weight excluding hydrogens is 540 g/mol. The predicted molar refractivity (Wildman–Crippen MR) is 152 cm³/mol. The molecule has 2 N–H and O–H groups in total. The maximum Gasteiger partial charge on any atom is 0.408 e. The van der Waals surface area contributed by atoms with E-state index in [0.717, 1.165) is 43.5 Å². The van der Waals surface area contributed by atoms with Crippen LogP contribution in [0.5, 0.6) is 11.5 Å². The molecule has 3 unspecified atom stereocenters. The van der Waals surface area contributed by atoms with E-state index < -0.39 is 41.5 Å². The summed E-state index contributed by atoms with van der Waals surface area (Å²) in [6, 6.07) is 11.7. The minimum absolute atomic E-state index is 0.165. The third-order valence-corrected chi connectivity index (χ3v) is 8.60. The lowest BCUT2D eigenvalue weighted by molar-refractivity contribution is -0.162. The number of hydrogen-bond acceptors (Lipinski definition) is 9. The second-order valence-corrected chi connectivity index (χ2v) is 12.3. The largest absolute Gasteiger partial charge is 0.497 e. The molecule has 6 rings (SSSR count). The van der Waals surface area contributed by atoms with Crippen LogP contribution in [0.4, 0.5) is 4.79 Å². The molecule has 3 heterocycles. The number of benzene rings is 2. The van der Waals surface area contributed by atoms with Crippen LogP contribution in [0.2, 0.25) is 0 Å². The lowest BCUT2D eigenvalue weighted by Crippen LogP contribution is -2.48. The summed E-state index contributed by atoms with van der Waals surface area (Å²) in [4.78, 5) is 29.0. The molecule has 1 spiro atoms. The van der Waals surface area contributed by atoms with Gasteiger partial charge in [0, 0.05) is 6.54 Å². The molecule has 0 bridgehead atoms. The van der Waals surface area contributed by atoms with Gasteiger partial charge in [0.1, 0.15) is 11.4 Å². The number of esters is 1. The molecule has 0 radical (unpaired) electrons. The molecule has 0 saturated carbocycles. The molecule has 3 aliphatic heterocycles. The van der Waals surface area contributed by atoms with Crippen LogP contribution in [0.15, 0.2) is 54.3 Å². The Morgan fingerprint density at radius 1 is 1.12 bits per heavy atom. The molecule has 224 valence electrons. The van der Waals surface area contributed by atoms with Crippen molar-refractivity contribution in [2.45, 2.75) is 75.3 Å². The predicted octanol–water partition coefficient (Wildman–Crippen LogP) is 3.97. The van der Waals surface area contributed by atoms with Crippen molar-refractivity contribution in [3.05, 3.63) is 71.0 Å². The number of aliphatic hydroxyl groups is 1. The Bertz CT molecular complexity index is 1390. The summed E-state index contributed by atoms with van der Waals surface area (Å²) in [5, 5.41) is 14.1. The molecule has 42 heavy (non-hydrogen) atoms. The number of alkyl carbamates (subject to hydrolysis) is 1. The SMILES string of the molecule is COC1=C[C@]23CCCN2CCc2cc4c(cc2[C@@H]3C1OC(=O)C(O)C(NC(=O)OC(C)(C)C)c1ccccc1)OCO4. The highest BCUT2D eigenvalue weighted by Gasteiger charge is 2.58. The molecule has 1 fully saturated rings. The van der Waals surface area contributed by atoms with Crippen molar-refractivity contribution in [2.75, 3.05) is 27.0 Å². The molecule has 0 aromatic heterocycles. The smallest absolute Gasteiger partial charge is 0.408 e. The van der Waals surface area contributed by atoms with E-state index in [1.807, 2.05) is 18.2 Å². The Kier molecular flexibility index (Phi) is 7.31. The molecule has 1 amide bonds. The van der Waals surface area contributed by atoms with Gasteiger partial charge in [0.25, 0.3) is 0 Å². The standard InChI is InChI=1S/C32H38N2O8/c1-31(2,3)42-30(37)33-26(19-9-6-5-7-10-19)27(35)29(36)41-28-24(38-4)17-32-12-8-13-34(32)14-11-20-15-22-23(40-18-39-22)16-21(20)25(28)32/h5-7,9-10,15-17,25-28,35H,8,11-14,18H2,1-4H3,(H,33,37)/t25-,26?,27?,28?,32+/m1/s1. The molecule has 10 heteroatoms. The second-order valence-electron chi connectivity index (χ2n) is 12.3. The molecule has 4 aliphatic rings. The molecule has 2 aromatic carbocycles. The maximum atomic E-state index is 13.8. The monoisotopic (exact) mass is 578 g/mol. The number of amides is 1. The van der Waals surface area contributed by atoms with E-state index in [2.05, 4.69) is 16.3 Å². The van der Waals surface area contributed by atoms with Gasteiger partial charge in [-0.15, -0.1) is 0 Å². The molecule has 10 nitrogen and oxygen atoms in total. The van der Waals surface area contributed by atoms with E-state index in [-0.39, 0.29) is 12.7 Å².